The number of rotatable bonds is 4. The monoisotopic (exact) mass is 388 g/mol. The van der Waals surface area contributed by atoms with Gasteiger partial charge in [0.05, 0.1) is 17.1 Å². The summed E-state index contributed by atoms with van der Waals surface area (Å²) in [6, 6.07) is 18.5. The van der Waals surface area contributed by atoms with Crippen molar-refractivity contribution in [3.05, 3.63) is 83.7 Å². The van der Waals surface area contributed by atoms with Gasteiger partial charge >= 0.3 is 0 Å². The summed E-state index contributed by atoms with van der Waals surface area (Å²) in [6.45, 7) is 3.97. The third-order valence-corrected chi connectivity index (χ3v) is 5.02. The molecule has 0 aliphatic heterocycles. The topological polar surface area (TPSA) is 58.3 Å². The van der Waals surface area contributed by atoms with E-state index in [1.54, 1.807) is 35.0 Å². The number of hydrogen-bond acceptors (Lipinski definition) is 3. The minimum absolute atomic E-state index is 0.179. The summed E-state index contributed by atoms with van der Waals surface area (Å²) in [6.07, 6.45) is 0.709. The Morgan fingerprint density at radius 3 is 2.03 bits per heavy atom. The highest BCUT2D eigenvalue weighted by atomic mass is 19.1. The smallest absolute Gasteiger partial charge is 0.125 e. The molecular weight excluding hydrogens is 367 g/mol. The van der Waals surface area contributed by atoms with Gasteiger partial charge in [-0.25, -0.2) is 9.07 Å². The van der Waals surface area contributed by atoms with E-state index in [2.05, 4.69) is 0 Å². The number of benzene rings is 3. The molecule has 0 unspecified atom stereocenters. The van der Waals surface area contributed by atoms with E-state index in [0.717, 1.165) is 33.6 Å². The van der Waals surface area contributed by atoms with E-state index >= 15 is 0 Å². The summed E-state index contributed by atoms with van der Waals surface area (Å²) >= 11 is 0. The normalized spacial score (nSPS) is 11.0. The lowest BCUT2D eigenvalue weighted by atomic mass is 9.99. The second-order valence-electron chi connectivity index (χ2n) is 6.97. The zero-order valence-electron chi connectivity index (χ0n) is 16.2. The molecule has 0 fully saturated rings. The Bertz CT molecular complexity index is 1160. The van der Waals surface area contributed by atoms with Crippen molar-refractivity contribution in [3.8, 4) is 39.7 Å². The summed E-state index contributed by atoms with van der Waals surface area (Å²) in [5.41, 5.74) is 5.93. The molecule has 0 radical (unpaired) electrons. The molecule has 0 aliphatic carbocycles. The first-order valence-corrected chi connectivity index (χ1v) is 9.45. The van der Waals surface area contributed by atoms with Crippen LogP contribution in [0.4, 0.5) is 4.39 Å². The minimum Gasteiger partial charge on any atom is -0.508 e. The Kier molecular flexibility index (Phi) is 4.80. The van der Waals surface area contributed by atoms with Crippen molar-refractivity contribution in [1.29, 1.82) is 0 Å². The fourth-order valence-electron chi connectivity index (χ4n) is 3.54. The highest BCUT2D eigenvalue weighted by Gasteiger charge is 2.21. The molecule has 4 rings (SSSR count). The van der Waals surface area contributed by atoms with Crippen LogP contribution in [0.5, 0.6) is 11.5 Å². The highest BCUT2D eigenvalue weighted by Crippen LogP contribution is 2.36. The van der Waals surface area contributed by atoms with Gasteiger partial charge < -0.3 is 10.2 Å². The molecule has 4 nitrogen and oxygen atoms in total. The van der Waals surface area contributed by atoms with E-state index in [9.17, 15) is 14.6 Å². The van der Waals surface area contributed by atoms with Crippen LogP contribution in [0.2, 0.25) is 0 Å². The first-order chi connectivity index (χ1) is 14.0. The van der Waals surface area contributed by atoms with Crippen LogP contribution in [0, 0.1) is 12.7 Å². The standard InChI is InChI=1S/C24H21FN2O2/c1-3-21-23(16-5-10-19(28)11-6-16)26-27(22-14-18(25)9-4-15(22)2)24(21)17-7-12-20(29)13-8-17/h4-14,28-29H,3H2,1-2H3. The van der Waals surface area contributed by atoms with Gasteiger partial charge in [-0.05, 0) is 79.6 Å². The fraction of sp³-hybridized carbons (Fsp3) is 0.125. The number of aromatic hydroxyl groups is 2. The van der Waals surface area contributed by atoms with Crippen molar-refractivity contribution in [1.82, 2.24) is 9.78 Å². The van der Waals surface area contributed by atoms with Crippen LogP contribution in [0.15, 0.2) is 66.7 Å². The molecule has 0 saturated heterocycles. The van der Waals surface area contributed by atoms with Gasteiger partial charge in [0.25, 0.3) is 0 Å². The van der Waals surface area contributed by atoms with Gasteiger partial charge in [-0.2, -0.15) is 5.10 Å². The van der Waals surface area contributed by atoms with E-state index in [-0.39, 0.29) is 17.3 Å². The van der Waals surface area contributed by atoms with Crippen LogP contribution in [0.25, 0.3) is 28.2 Å². The third kappa shape index (κ3) is 3.47. The lowest BCUT2D eigenvalue weighted by Crippen LogP contribution is -2.03. The molecule has 0 amide bonds. The molecule has 0 aliphatic rings. The van der Waals surface area contributed by atoms with E-state index in [1.165, 1.54) is 12.1 Å². The summed E-state index contributed by atoms with van der Waals surface area (Å²) in [5.74, 6) is 0.0338. The molecule has 0 spiro atoms. The molecule has 0 bridgehead atoms. The number of nitrogens with zero attached hydrogens (tertiary/aromatic N) is 2. The predicted molar refractivity (Wildman–Crippen MR) is 112 cm³/mol. The maximum atomic E-state index is 14.1. The number of aryl methyl sites for hydroxylation is 1. The van der Waals surface area contributed by atoms with Crippen molar-refractivity contribution < 1.29 is 14.6 Å². The van der Waals surface area contributed by atoms with E-state index < -0.39 is 0 Å². The van der Waals surface area contributed by atoms with Crippen LogP contribution < -0.4 is 0 Å². The molecule has 2 N–H and O–H groups in total. The van der Waals surface area contributed by atoms with Crippen LogP contribution in [-0.4, -0.2) is 20.0 Å². The maximum Gasteiger partial charge on any atom is 0.125 e. The van der Waals surface area contributed by atoms with Gasteiger partial charge in [-0.1, -0.05) is 13.0 Å². The van der Waals surface area contributed by atoms with Gasteiger partial charge in [0.15, 0.2) is 0 Å². The van der Waals surface area contributed by atoms with E-state index in [1.807, 2.05) is 38.1 Å². The third-order valence-electron chi connectivity index (χ3n) is 5.02. The molecule has 4 aromatic rings. The Hall–Kier alpha value is -3.60. The number of aromatic nitrogens is 2. The highest BCUT2D eigenvalue weighted by molar-refractivity contribution is 5.77. The zero-order valence-corrected chi connectivity index (χ0v) is 16.2. The van der Waals surface area contributed by atoms with Crippen molar-refractivity contribution in [2.45, 2.75) is 20.3 Å². The van der Waals surface area contributed by atoms with Gasteiger partial charge in [0, 0.05) is 16.7 Å². The van der Waals surface area contributed by atoms with E-state index in [4.69, 9.17) is 5.10 Å². The largest absolute Gasteiger partial charge is 0.508 e. The number of phenolic OH excluding ortho intramolecular Hbond substituents is 2. The van der Waals surface area contributed by atoms with Crippen molar-refractivity contribution in [2.24, 2.45) is 0 Å². The summed E-state index contributed by atoms with van der Waals surface area (Å²) < 4.78 is 15.8. The Labute approximate surface area is 168 Å². The van der Waals surface area contributed by atoms with Gasteiger partial charge in [-0.3, -0.25) is 0 Å². The summed E-state index contributed by atoms with van der Waals surface area (Å²) in [7, 11) is 0. The van der Waals surface area contributed by atoms with Crippen LogP contribution in [0.3, 0.4) is 0 Å². The molecule has 0 saturated carbocycles. The van der Waals surface area contributed by atoms with E-state index in [0.29, 0.717) is 12.1 Å². The average molecular weight is 388 g/mol. The molecule has 5 heteroatoms. The zero-order chi connectivity index (χ0) is 20.5. The van der Waals surface area contributed by atoms with Crippen LogP contribution in [-0.2, 0) is 6.42 Å². The van der Waals surface area contributed by atoms with Gasteiger partial charge in [-0.15, -0.1) is 0 Å². The molecule has 146 valence electrons. The minimum atomic E-state index is -0.331. The molecule has 3 aromatic carbocycles. The number of halogens is 1. The molecule has 1 aromatic heterocycles. The second kappa shape index (κ2) is 7.43. The van der Waals surface area contributed by atoms with Crippen LogP contribution in [0.1, 0.15) is 18.1 Å². The average Bonchev–Trinajstić information content (AvgIpc) is 3.10. The second-order valence-corrected chi connectivity index (χ2v) is 6.97. The maximum absolute atomic E-state index is 14.1. The van der Waals surface area contributed by atoms with Crippen molar-refractivity contribution in [2.75, 3.05) is 0 Å². The molecular formula is C24H21FN2O2. The van der Waals surface area contributed by atoms with Gasteiger partial charge in [0.2, 0.25) is 0 Å². The first-order valence-electron chi connectivity index (χ1n) is 9.45. The first kappa shape index (κ1) is 18.7. The van der Waals surface area contributed by atoms with Gasteiger partial charge in [0.1, 0.15) is 17.3 Å². The Morgan fingerprint density at radius 1 is 0.862 bits per heavy atom. The van der Waals surface area contributed by atoms with Crippen molar-refractivity contribution in [3.63, 3.8) is 0 Å². The van der Waals surface area contributed by atoms with Crippen molar-refractivity contribution >= 4 is 0 Å². The molecule has 1 heterocycles. The number of hydrogen-bond donors (Lipinski definition) is 2. The summed E-state index contributed by atoms with van der Waals surface area (Å²) in [5, 5.41) is 24.2. The Morgan fingerprint density at radius 2 is 1.45 bits per heavy atom. The lowest BCUT2D eigenvalue weighted by Gasteiger charge is -2.12. The Balaban J connectivity index is 2.04. The summed E-state index contributed by atoms with van der Waals surface area (Å²) in [4.78, 5) is 0. The fourth-order valence-corrected chi connectivity index (χ4v) is 3.54. The SMILES string of the molecule is CCc1c(-c2ccc(O)cc2)nn(-c2cc(F)ccc2C)c1-c1ccc(O)cc1. The lowest BCUT2D eigenvalue weighted by molar-refractivity contribution is 0.475. The van der Waals surface area contributed by atoms with Crippen LogP contribution >= 0.6 is 0 Å². The molecule has 29 heavy (non-hydrogen) atoms. The predicted octanol–water partition coefficient (Wildman–Crippen LogP) is 5.63. The quantitative estimate of drug-likeness (QED) is 0.476. The number of phenols is 2. The molecule has 0 atom stereocenters.